The van der Waals surface area contributed by atoms with Crippen molar-refractivity contribution in [2.75, 3.05) is 0 Å². The number of hydrogen-bond donors (Lipinski definition) is 0. The van der Waals surface area contributed by atoms with Gasteiger partial charge in [0.2, 0.25) is 0 Å². The Morgan fingerprint density at radius 3 is 2.71 bits per heavy atom. The second kappa shape index (κ2) is 3.66. The molecule has 4 aromatic rings. The molecule has 0 aliphatic carbocycles. The van der Waals surface area contributed by atoms with Crippen molar-refractivity contribution in [2.24, 2.45) is 0 Å². The second-order valence-corrected chi connectivity index (χ2v) is 8.33. The predicted octanol–water partition coefficient (Wildman–Crippen LogP) is 4.35. The molecule has 118 valence electrons. The number of imidazole rings is 1. The third-order valence-corrected chi connectivity index (χ3v) is 6.48. The molecule has 6 rings (SSSR count). The van der Waals surface area contributed by atoms with E-state index < -0.39 is 0 Å². The molecule has 0 N–H and O–H groups in total. The SMILES string of the molecule is Cc1ccc2c3c1c1cccc4c1c1n(c(C)c([n+]31)CC2(C)C)C4. The van der Waals surface area contributed by atoms with Crippen LogP contribution in [0.25, 0.3) is 27.3 Å². The number of pyridine rings is 1. The molecule has 0 amide bonds. The highest BCUT2D eigenvalue weighted by molar-refractivity contribution is 6.13. The van der Waals surface area contributed by atoms with Gasteiger partial charge in [-0.2, -0.15) is 4.40 Å². The molecule has 0 unspecified atom stereocenters. The Hall–Kier alpha value is -2.35. The number of aryl methyl sites for hydroxylation is 1. The largest absolute Gasteiger partial charge is 0.295 e. The smallest absolute Gasteiger partial charge is 0.222 e. The van der Waals surface area contributed by atoms with Gasteiger partial charge in [-0.25, -0.2) is 4.57 Å². The summed E-state index contributed by atoms with van der Waals surface area (Å²) < 4.78 is 5.14. The lowest BCUT2D eigenvalue weighted by Gasteiger charge is -2.29. The third-order valence-electron chi connectivity index (χ3n) is 6.48. The van der Waals surface area contributed by atoms with Crippen LogP contribution in [-0.2, 0) is 18.4 Å². The maximum atomic E-state index is 2.59. The van der Waals surface area contributed by atoms with Crippen LogP contribution in [0, 0.1) is 13.8 Å². The third kappa shape index (κ3) is 1.19. The van der Waals surface area contributed by atoms with Crippen molar-refractivity contribution in [1.82, 2.24) is 4.57 Å². The summed E-state index contributed by atoms with van der Waals surface area (Å²) in [6, 6.07) is 11.6. The van der Waals surface area contributed by atoms with Crippen LogP contribution in [0.15, 0.2) is 30.3 Å². The van der Waals surface area contributed by atoms with E-state index in [1.807, 2.05) is 0 Å². The molecular weight excluding hydrogens is 292 g/mol. The molecule has 0 saturated heterocycles. The lowest BCUT2D eigenvalue weighted by molar-refractivity contribution is -0.493. The summed E-state index contributed by atoms with van der Waals surface area (Å²) in [4.78, 5) is 0. The maximum Gasteiger partial charge on any atom is 0.295 e. The first-order valence-corrected chi connectivity index (χ1v) is 8.90. The van der Waals surface area contributed by atoms with Crippen LogP contribution >= 0.6 is 0 Å². The molecule has 2 nitrogen and oxygen atoms in total. The van der Waals surface area contributed by atoms with Gasteiger partial charge < -0.3 is 0 Å². The van der Waals surface area contributed by atoms with E-state index in [4.69, 9.17) is 0 Å². The topological polar surface area (TPSA) is 9.03 Å². The molecule has 2 heteroatoms. The summed E-state index contributed by atoms with van der Waals surface area (Å²) in [6.45, 7) is 10.4. The zero-order chi connectivity index (χ0) is 16.4. The van der Waals surface area contributed by atoms with Gasteiger partial charge in [0.1, 0.15) is 17.8 Å². The van der Waals surface area contributed by atoms with E-state index in [0.717, 1.165) is 13.0 Å². The molecule has 2 aliphatic heterocycles. The summed E-state index contributed by atoms with van der Waals surface area (Å²) >= 11 is 0. The van der Waals surface area contributed by atoms with E-state index >= 15 is 0 Å². The normalized spacial score (nSPS) is 17.2. The first-order valence-electron chi connectivity index (χ1n) is 8.90. The highest BCUT2D eigenvalue weighted by atomic mass is 15.2. The lowest BCUT2D eigenvalue weighted by Crippen LogP contribution is -2.39. The number of hydrogen-bond acceptors (Lipinski definition) is 0. The van der Waals surface area contributed by atoms with Gasteiger partial charge in [0.25, 0.3) is 5.65 Å². The van der Waals surface area contributed by atoms with Crippen molar-refractivity contribution in [2.45, 2.75) is 46.1 Å². The van der Waals surface area contributed by atoms with Crippen LogP contribution in [0.5, 0.6) is 0 Å². The Labute approximate surface area is 141 Å². The van der Waals surface area contributed by atoms with E-state index in [1.54, 1.807) is 0 Å². The van der Waals surface area contributed by atoms with Gasteiger partial charge in [0.15, 0.2) is 5.69 Å². The summed E-state index contributed by atoms with van der Waals surface area (Å²) in [6.07, 6.45) is 1.12. The number of nitrogens with zero attached hydrogens (tertiary/aromatic N) is 2. The Balaban J connectivity index is 2.09. The molecular formula is C22H21N2+. The highest BCUT2D eigenvalue weighted by Crippen LogP contribution is 2.43. The summed E-state index contributed by atoms with van der Waals surface area (Å²) in [7, 11) is 0. The van der Waals surface area contributed by atoms with Gasteiger partial charge in [-0.05, 0) is 12.5 Å². The molecule has 0 bridgehead atoms. The van der Waals surface area contributed by atoms with Crippen LogP contribution in [0.3, 0.4) is 0 Å². The fourth-order valence-electron chi connectivity index (χ4n) is 5.31. The zero-order valence-electron chi connectivity index (χ0n) is 14.7. The van der Waals surface area contributed by atoms with E-state index in [2.05, 4.69) is 67.0 Å². The Morgan fingerprint density at radius 1 is 1.04 bits per heavy atom. The molecule has 0 fully saturated rings. The first-order chi connectivity index (χ1) is 11.5. The number of benzene rings is 2. The molecule has 0 spiro atoms. The van der Waals surface area contributed by atoms with Crippen LogP contribution in [0.1, 0.15) is 41.9 Å². The average molecular weight is 313 g/mol. The lowest BCUT2D eigenvalue weighted by atomic mass is 9.76. The number of fused-ring (bicyclic) bond motifs is 1. The van der Waals surface area contributed by atoms with E-state index in [-0.39, 0.29) is 5.41 Å². The van der Waals surface area contributed by atoms with Crippen molar-refractivity contribution in [1.29, 1.82) is 0 Å². The van der Waals surface area contributed by atoms with Gasteiger partial charge in [-0.3, -0.25) is 0 Å². The molecule has 2 aliphatic rings. The Kier molecular flexibility index (Phi) is 1.98. The number of aromatic nitrogens is 2. The molecule has 2 aromatic carbocycles. The minimum atomic E-state index is 0.181. The molecule has 2 aromatic heterocycles. The van der Waals surface area contributed by atoms with E-state index in [9.17, 15) is 0 Å². The van der Waals surface area contributed by atoms with E-state index in [0.29, 0.717) is 0 Å². The standard InChI is InChI=1S/C22H21N2/c1-12-8-9-16-20-18(12)15-7-5-6-14-11-23-13(2)17(10-22(16,3)4)24(20)21(23)19(14)15/h5-9H,10-11H2,1-4H3/q+1. The minimum Gasteiger partial charge on any atom is -0.222 e. The second-order valence-electron chi connectivity index (χ2n) is 8.33. The van der Waals surface area contributed by atoms with Gasteiger partial charge in [-0.15, -0.1) is 0 Å². The fourth-order valence-corrected chi connectivity index (χ4v) is 5.31. The van der Waals surface area contributed by atoms with Crippen LogP contribution < -0.4 is 4.40 Å². The summed E-state index contributed by atoms with van der Waals surface area (Å²) in [5.41, 5.74) is 10.4. The Morgan fingerprint density at radius 2 is 1.88 bits per heavy atom. The van der Waals surface area contributed by atoms with Crippen molar-refractivity contribution in [3.05, 3.63) is 58.4 Å². The quantitative estimate of drug-likeness (QED) is 0.297. The van der Waals surface area contributed by atoms with Gasteiger partial charge >= 0.3 is 0 Å². The molecule has 4 heterocycles. The van der Waals surface area contributed by atoms with Crippen molar-refractivity contribution in [3.63, 3.8) is 0 Å². The summed E-state index contributed by atoms with van der Waals surface area (Å²) in [5, 5.41) is 4.36. The molecule has 24 heavy (non-hydrogen) atoms. The minimum absolute atomic E-state index is 0.181. The number of rotatable bonds is 0. The van der Waals surface area contributed by atoms with Crippen LogP contribution in [0.2, 0.25) is 0 Å². The maximum absolute atomic E-state index is 2.59. The molecule has 0 saturated carbocycles. The Bertz CT molecular complexity index is 1240. The van der Waals surface area contributed by atoms with Gasteiger partial charge in [0.05, 0.1) is 5.39 Å². The average Bonchev–Trinajstić information content (AvgIpc) is 3.04. The van der Waals surface area contributed by atoms with Crippen LogP contribution in [-0.4, -0.2) is 4.57 Å². The van der Waals surface area contributed by atoms with Crippen molar-refractivity contribution >= 4 is 27.3 Å². The monoisotopic (exact) mass is 313 g/mol. The van der Waals surface area contributed by atoms with Crippen molar-refractivity contribution in [3.8, 4) is 0 Å². The van der Waals surface area contributed by atoms with Crippen molar-refractivity contribution < 1.29 is 4.40 Å². The first kappa shape index (κ1) is 13.0. The van der Waals surface area contributed by atoms with Gasteiger partial charge in [-0.1, -0.05) is 44.2 Å². The van der Waals surface area contributed by atoms with Crippen LogP contribution in [0.4, 0.5) is 0 Å². The molecule has 0 radical (unpaired) electrons. The van der Waals surface area contributed by atoms with Gasteiger partial charge in [0, 0.05) is 40.7 Å². The predicted molar refractivity (Wildman–Crippen MR) is 97.9 cm³/mol. The highest BCUT2D eigenvalue weighted by Gasteiger charge is 2.41. The summed E-state index contributed by atoms with van der Waals surface area (Å²) in [5.74, 6) is 0. The zero-order valence-corrected chi connectivity index (χ0v) is 14.7. The fraction of sp³-hybridized carbons (Fsp3) is 0.318. The van der Waals surface area contributed by atoms with E-state index in [1.165, 1.54) is 55.4 Å². The molecule has 0 atom stereocenters.